The molecule has 0 spiro atoms. The van der Waals surface area contributed by atoms with Crippen LogP contribution in [0.15, 0.2) is 28.8 Å². The molecule has 0 aliphatic carbocycles. The Bertz CT molecular complexity index is 597. The molecule has 19 heavy (non-hydrogen) atoms. The fourth-order valence-electron chi connectivity index (χ4n) is 1.73. The van der Waals surface area contributed by atoms with Crippen molar-refractivity contribution in [3.8, 4) is 5.75 Å². The Labute approximate surface area is 113 Å². The SMILES string of the molecule is COc1ccc(F)cc1C[S@@](=O)Cc1cc(C)no1. The molecule has 2 rings (SSSR count). The summed E-state index contributed by atoms with van der Waals surface area (Å²) in [7, 11) is 0.290. The highest BCUT2D eigenvalue weighted by atomic mass is 32.2. The van der Waals surface area contributed by atoms with Gasteiger partial charge in [0.2, 0.25) is 0 Å². The van der Waals surface area contributed by atoms with E-state index >= 15 is 0 Å². The second-order valence-electron chi connectivity index (χ2n) is 4.12. The summed E-state index contributed by atoms with van der Waals surface area (Å²) in [6.07, 6.45) is 0. The molecular weight excluding hydrogens is 269 g/mol. The van der Waals surface area contributed by atoms with Crippen molar-refractivity contribution in [1.29, 1.82) is 0 Å². The van der Waals surface area contributed by atoms with E-state index in [0.717, 1.165) is 5.69 Å². The van der Waals surface area contributed by atoms with E-state index in [1.807, 2.05) is 0 Å². The largest absolute Gasteiger partial charge is 0.496 e. The highest BCUT2D eigenvalue weighted by Gasteiger charge is 2.11. The number of hydrogen-bond donors (Lipinski definition) is 0. The monoisotopic (exact) mass is 283 g/mol. The maximum absolute atomic E-state index is 13.2. The fourth-order valence-corrected chi connectivity index (χ4v) is 2.86. The number of ether oxygens (including phenoxy) is 1. The third kappa shape index (κ3) is 3.64. The molecule has 4 nitrogen and oxygen atoms in total. The van der Waals surface area contributed by atoms with Crippen LogP contribution in [0.3, 0.4) is 0 Å². The van der Waals surface area contributed by atoms with Gasteiger partial charge in [0.15, 0.2) is 0 Å². The van der Waals surface area contributed by atoms with Gasteiger partial charge in [0, 0.05) is 22.4 Å². The van der Waals surface area contributed by atoms with Crippen LogP contribution in [0.1, 0.15) is 17.0 Å². The van der Waals surface area contributed by atoms with Crippen LogP contribution in [-0.2, 0) is 22.3 Å². The minimum absolute atomic E-state index is 0.209. The number of nitrogens with zero attached hydrogens (tertiary/aromatic N) is 1. The van der Waals surface area contributed by atoms with E-state index in [2.05, 4.69) is 5.16 Å². The minimum Gasteiger partial charge on any atom is -0.496 e. The van der Waals surface area contributed by atoms with Gasteiger partial charge in [0.1, 0.15) is 17.3 Å². The van der Waals surface area contributed by atoms with Crippen LogP contribution in [0.4, 0.5) is 4.39 Å². The summed E-state index contributed by atoms with van der Waals surface area (Å²) >= 11 is 0. The second-order valence-corrected chi connectivity index (χ2v) is 5.58. The molecule has 1 aromatic carbocycles. The maximum Gasteiger partial charge on any atom is 0.149 e. The lowest BCUT2D eigenvalue weighted by Gasteiger charge is -2.07. The first-order chi connectivity index (χ1) is 9.08. The van der Waals surface area contributed by atoms with Crippen molar-refractivity contribution in [2.24, 2.45) is 0 Å². The molecule has 1 atom stereocenters. The van der Waals surface area contributed by atoms with Crippen LogP contribution in [0.5, 0.6) is 5.75 Å². The summed E-state index contributed by atoms with van der Waals surface area (Å²) in [5.74, 6) is 1.18. The Morgan fingerprint density at radius 3 is 2.79 bits per heavy atom. The van der Waals surface area contributed by atoms with E-state index < -0.39 is 10.8 Å². The van der Waals surface area contributed by atoms with Crippen molar-refractivity contribution in [1.82, 2.24) is 5.16 Å². The smallest absolute Gasteiger partial charge is 0.149 e. The van der Waals surface area contributed by atoms with Gasteiger partial charge < -0.3 is 9.26 Å². The van der Waals surface area contributed by atoms with Crippen LogP contribution >= 0.6 is 0 Å². The molecule has 0 unspecified atom stereocenters. The summed E-state index contributed by atoms with van der Waals surface area (Å²) in [6.45, 7) is 1.80. The van der Waals surface area contributed by atoms with Crippen molar-refractivity contribution < 1.29 is 17.9 Å². The molecule has 0 bridgehead atoms. The van der Waals surface area contributed by atoms with E-state index in [1.165, 1.54) is 25.3 Å². The van der Waals surface area contributed by atoms with Crippen molar-refractivity contribution in [3.05, 3.63) is 47.1 Å². The van der Waals surface area contributed by atoms with E-state index in [1.54, 1.807) is 13.0 Å². The quantitative estimate of drug-likeness (QED) is 0.846. The second kappa shape index (κ2) is 5.97. The van der Waals surface area contributed by atoms with Crippen LogP contribution in [-0.4, -0.2) is 16.5 Å². The van der Waals surface area contributed by atoms with Gasteiger partial charge >= 0.3 is 0 Å². The Kier molecular flexibility index (Phi) is 4.31. The standard InChI is InChI=1S/C13H14FNO3S/c1-9-5-12(18-15-9)8-19(16)7-10-6-11(14)3-4-13(10)17-2/h3-6H,7-8H2,1-2H3/t19-/m1/s1. The third-order valence-electron chi connectivity index (χ3n) is 2.54. The number of aromatic nitrogens is 1. The van der Waals surface area contributed by atoms with Gasteiger partial charge in [-0.15, -0.1) is 0 Å². The van der Waals surface area contributed by atoms with Crippen molar-refractivity contribution in [2.45, 2.75) is 18.4 Å². The van der Waals surface area contributed by atoms with Gasteiger partial charge in [-0.2, -0.15) is 0 Å². The Morgan fingerprint density at radius 2 is 2.16 bits per heavy atom. The highest BCUT2D eigenvalue weighted by molar-refractivity contribution is 7.83. The number of rotatable bonds is 5. The number of hydrogen-bond acceptors (Lipinski definition) is 4. The molecule has 0 N–H and O–H groups in total. The third-order valence-corrected chi connectivity index (χ3v) is 3.78. The van der Waals surface area contributed by atoms with Gasteiger partial charge in [-0.05, 0) is 25.1 Å². The normalized spacial score (nSPS) is 12.4. The van der Waals surface area contributed by atoms with Gasteiger partial charge in [0.05, 0.1) is 24.3 Å². The van der Waals surface area contributed by atoms with Crippen molar-refractivity contribution in [3.63, 3.8) is 0 Å². The van der Waals surface area contributed by atoms with Gasteiger partial charge in [-0.1, -0.05) is 5.16 Å². The van der Waals surface area contributed by atoms with Crippen LogP contribution < -0.4 is 4.74 Å². The predicted molar refractivity (Wildman–Crippen MR) is 69.7 cm³/mol. The molecule has 0 aliphatic heterocycles. The molecule has 0 amide bonds. The van der Waals surface area contributed by atoms with Crippen LogP contribution in [0.25, 0.3) is 0 Å². The first kappa shape index (κ1) is 13.7. The van der Waals surface area contributed by atoms with Gasteiger partial charge in [-0.3, -0.25) is 4.21 Å². The fraction of sp³-hybridized carbons (Fsp3) is 0.308. The average Bonchev–Trinajstić information content (AvgIpc) is 2.75. The number of halogens is 1. The van der Waals surface area contributed by atoms with E-state index in [9.17, 15) is 8.60 Å². The van der Waals surface area contributed by atoms with E-state index in [-0.39, 0.29) is 17.3 Å². The first-order valence-corrected chi connectivity index (χ1v) is 7.17. The van der Waals surface area contributed by atoms with Gasteiger partial charge in [0.25, 0.3) is 0 Å². The highest BCUT2D eigenvalue weighted by Crippen LogP contribution is 2.21. The summed E-state index contributed by atoms with van der Waals surface area (Å²) in [5, 5.41) is 3.73. The zero-order valence-corrected chi connectivity index (χ0v) is 11.5. The summed E-state index contributed by atoms with van der Waals surface area (Å²) < 4.78 is 35.3. The molecule has 6 heteroatoms. The maximum atomic E-state index is 13.2. The Morgan fingerprint density at radius 1 is 1.37 bits per heavy atom. The van der Waals surface area contributed by atoms with E-state index in [0.29, 0.717) is 17.1 Å². The van der Waals surface area contributed by atoms with Crippen molar-refractivity contribution >= 4 is 10.8 Å². The van der Waals surface area contributed by atoms with Crippen LogP contribution in [0.2, 0.25) is 0 Å². The number of aryl methyl sites for hydroxylation is 1. The average molecular weight is 283 g/mol. The zero-order valence-electron chi connectivity index (χ0n) is 10.7. The molecule has 0 radical (unpaired) electrons. The zero-order chi connectivity index (χ0) is 13.8. The first-order valence-electron chi connectivity index (χ1n) is 5.68. The molecule has 0 saturated carbocycles. The lowest BCUT2D eigenvalue weighted by molar-refractivity contribution is 0.390. The Balaban J connectivity index is 2.08. The molecule has 0 saturated heterocycles. The molecule has 0 fully saturated rings. The molecule has 102 valence electrons. The van der Waals surface area contributed by atoms with Crippen LogP contribution in [0, 0.1) is 12.7 Å². The minimum atomic E-state index is -1.21. The molecule has 0 aliphatic rings. The van der Waals surface area contributed by atoms with Gasteiger partial charge in [-0.25, -0.2) is 4.39 Å². The lowest BCUT2D eigenvalue weighted by Crippen LogP contribution is -2.01. The van der Waals surface area contributed by atoms with E-state index in [4.69, 9.17) is 9.26 Å². The Hall–Kier alpha value is -1.69. The predicted octanol–water partition coefficient (Wildman–Crippen LogP) is 2.58. The number of benzene rings is 1. The topological polar surface area (TPSA) is 52.3 Å². The number of methoxy groups -OCH3 is 1. The summed E-state index contributed by atoms with van der Waals surface area (Å²) in [4.78, 5) is 0. The molecule has 2 aromatic rings. The summed E-state index contributed by atoms with van der Waals surface area (Å²) in [6, 6.07) is 5.91. The summed E-state index contributed by atoms with van der Waals surface area (Å²) in [5.41, 5.74) is 1.33. The molecule has 1 aromatic heterocycles. The lowest BCUT2D eigenvalue weighted by atomic mass is 10.2. The molecular formula is C13H14FNO3S. The molecule has 1 heterocycles. The van der Waals surface area contributed by atoms with Crippen molar-refractivity contribution in [2.75, 3.05) is 7.11 Å².